The van der Waals surface area contributed by atoms with Gasteiger partial charge in [-0.05, 0) is 45.1 Å². The van der Waals surface area contributed by atoms with Gasteiger partial charge >= 0.3 is 0 Å². The van der Waals surface area contributed by atoms with E-state index >= 15 is 0 Å². The van der Waals surface area contributed by atoms with Crippen LogP contribution < -0.4 is 0 Å². The molecule has 5 rings (SSSR count). The molecule has 0 aromatic carbocycles. The molecule has 0 amide bonds. The van der Waals surface area contributed by atoms with Crippen LogP contribution in [0.25, 0.3) is 0 Å². The molecule has 24 heavy (non-hydrogen) atoms. The average Bonchev–Trinajstić information content (AvgIpc) is 3.10. The lowest BCUT2D eigenvalue weighted by Crippen LogP contribution is -2.34. The van der Waals surface area contributed by atoms with Gasteiger partial charge in [-0.2, -0.15) is 4.98 Å². The number of hydrogen-bond acceptors (Lipinski definition) is 7. The van der Waals surface area contributed by atoms with E-state index < -0.39 is 0 Å². The van der Waals surface area contributed by atoms with Crippen LogP contribution in [0, 0.1) is 0 Å². The van der Waals surface area contributed by atoms with Gasteiger partial charge < -0.3 is 8.94 Å². The van der Waals surface area contributed by atoms with Crippen molar-refractivity contribution in [2.45, 2.75) is 69.2 Å². The standard InChI is InChI=1S/C17H23N5O2/c1-3-11(4-1)17-20-19-14(23-17)10-22-8-2-5-13(9-22)15-18-16(24-21-15)12-6-7-12/h11-13H,1-10H2. The van der Waals surface area contributed by atoms with Gasteiger partial charge in [0.15, 0.2) is 5.82 Å². The molecule has 1 aliphatic heterocycles. The Kier molecular flexibility index (Phi) is 3.61. The van der Waals surface area contributed by atoms with E-state index in [-0.39, 0.29) is 0 Å². The van der Waals surface area contributed by atoms with Crippen molar-refractivity contribution in [2.75, 3.05) is 13.1 Å². The number of likely N-dealkylation sites (tertiary alicyclic amines) is 1. The molecular formula is C17H23N5O2. The van der Waals surface area contributed by atoms with Gasteiger partial charge in [0, 0.05) is 24.3 Å². The van der Waals surface area contributed by atoms with E-state index in [1.807, 2.05) is 0 Å². The molecule has 7 heteroatoms. The summed E-state index contributed by atoms with van der Waals surface area (Å²) in [6, 6.07) is 0. The molecule has 128 valence electrons. The monoisotopic (exact) mass is 329 g/mol. The van der Waals surface area contributed by atoms with Crippen LogP contribution in [0.5, 0.6) is 0 Å². The third-order valence-electron chi connectivity index (χ3n) is 5.55. The first-order valence-electron chi connectivity index (χ1n) is 9.23. The molecule has 3 aliphatic rings. The molecule has 2 aromatic heterocycles. The van der Waals surface area contributed by atoms with Gasteiger partial charge in [0.25, 0.3) is 0 Å². The quantitative estimate of drug-likeness (QED) is 0.834. The second kappa shape index (κ2) is 5.95. The van der Waals surface area contributed by atoms with E-state index in [9.17, 15) is 0 Å². The summed E-state index contributed by atoms with van der Waals surface area (Å²) in [6.07, 6.45) is 8.31. The Labute approximate surface area is 140 Å². The Bertz CT molecular complexity index is 703. The Hall–Kier alpha value is -1.76. The molecule has 2 aromatic rings. The second-order valence-corrected chi connectivity index (χ2v) is 7.50. The molecule has 3 fully saturated rings. The van der Waals surface area contributed by atoms with Crippen LogP contribution in [0.3, 0.4) is 0 Å². The highest BCUT2D eigenvalue weighted by Gasteiger charge is 2.32. The van der Waals surface area contributed by atoms with Crippen molar-refractivity contribution in [3.05, 3.63) is 23.5 Å². The number of rotatable bonds is 5. The normalized spacial score (nSPS) is 25.8. The van der Waals surface area contributed by atoms with Crippen molar-refractivity contribution in [1.82, 2.24) is 25.2 Å². The molecule has 0 radical (unpaired) electrons. The Balaban J connectivity index is 1.22. The second-order valence-electron chi connectivity index (χ2n) is 7.50. The predicted octanol–water partition coefficient (Wildman–Crippen LogP) is 2.98. The first kappa shape index (κ1) is 14.6. The fourth-order valence-electron chi connectivity index (χ4n) is 3.66. The lowest BCUT2D eigenvalue weighted by atomic mass is 9.85. The van der Waals surface area contributed by atoms with Crippen LogP contribution in [-0.2, 0) is 6.54 Å². The zero-order valence-corrected chi connectivity index (χ0v) is 13.9. The predicted molar refractivity (Wildman–Crippen MR) is 84.4 cm³/mol. The van der Waals surface area contributed by atoms with Gasteiger partial charge in [-0.25, -0.2) is 0 Å². The fourth-order valence-corrected chi connectivity index (χ4v) is 3.66. The van der Waals surface area contributed by atoms with E-state index in [4.69, 9.17) is 8.94 Å². The minimum absolute atomic E-state index is 0.351. The Morgan fingerprint density at radius 2 is 1.75 bits per heavy atom. The topological polar surface area (TPSA) is 81.1 Å². The molecule has 1 unspecified atom stereocenters. The maximum atomic E-state index is 5.86. The highest BCUT2D eigenvalue weighted by Crippen LogP contribution is 2.40. The van der Waals surface area contributed by atoms with Crippen LogP contribution in [0.15, 0.2) is 8.94 Å². The lowest BCUT2D eigenvalue weighted by molar-refractivity contribution is 0.176. The first-order chi connectivity index (χ1) is 11.8. The molecule has 0 bridgehead atoms. The SMILES string of the molecule is C1CC(c2nnc(CN3CCCC(c4noc(C5CC5)n4)C3)o2)C1. The smallest absolute Gasteiger partial charge is 0.230 e. The highest BCUT2D eigenvalue weighted by atomic mass is 16.5. The van der Waals surface area contributed by atoms with Crippen LogP contribution >= 0.6 is 0 Å². The molecular weight excluding hydrogens is 306 g/mol. The summed E-state index contributed by atoms with van der Waals surface area (Å²) in [7, 11) is 0. The summed E-state index contributed by atoms with van der Waals surface area (Å²) in [5.41, 5.74) is 0. The van der Waals surface area contributed by atoms with Gasteiger partial charge in [0.1, 0.15) is 0 Å². The van der Waals surface area contributed by atoms with Crippen LogP contribution in [0.2, 0.25) is 0 Å². The molecule has 2 aliphatic carbocycles. The van der Waals surface area contributed by atoms with Crippen molar-refractivity contribution >= 4 is 0 Å². The number of nitrogens with zero attached hydrogens (tertiary/aromatic N) is 5. The van der Waals surface area contributed by atoms with Crippen LogP contribution in [0.4, 0.5) is 0 Å². The molecule has 3 heterocycles. The fraction of sp³-hybridized carbons (Fsp3) is 0.765. The average molecular weight is 329 g/mol. The number of aromatic nitrogens is 4. The summed E-state index contributed by atoms with van der Waals surface area (Å²) in [4.78, 5) is 7.00. The van der Waals surface area contributed by atoms with E-state index in [2.05, 4.69) is 25.2 Å². The first-order valence-corrected chi connectivity index (χ1v) is 9.23. The van der Waals surface area contributed by atoms with Crippen molar-refractivity contribution in [2.24, 2.45) is 0 Å². The summed E-state index contributed by atoms with van der Waals surface area (Å²) >= 11 is 0. The van der Waals surface area contributed by atoms with Gasteiger partial charge in [-0.1, -0.05) is 11.6 Å². The van der Waals surface area contributed by atoms with Crippen molar-refractivity contribution in [3.8, 4) is 0 Å². The van der Waals surface area contributed by atoms with Crippen molar-refractivity contribution in [3.63, 3.8) is 0 Å². The molecule has 7 nitrogen and oxygen atoms in total. The maximum Gasteiger partial charge on any atom is 0.230 e. The minimum Gasteiger partial charge on any atom is -0.424 e. The molecule has 0 N–H and O–H groups in total. The van der Waals surface area contributed by atoms with Crippen LogP contribution in [0.1, 0.15) is 86.2 Å². The molecule has 1 saturated heterocycles. The summed E-state index contributed by atoms with van der Waals surface area (Å²) in [6.45, 7) is 2.72. The van der Waals surface area contributed by atoms with E-state index in [1.165, 1.54) is 32.1 Å². The molecule has 1 atom stereocenters. The largest absolute Gasteiger partial charge is 0.424 e. The Morgan fingerprint density at radius 1 is 0.917 bits per heavy atom. The van der Waals surface area contributed by atoms with Gasteiger partial charge in [0.05, 0.1) is 6.54 Å². The zero-order chi connectivity index (χ0) is 15.9. The summed E-state index contributed by atoms with van der Waals surface area (Å²) in [5.74, 6) is 4.66. The maximum absolute atomic E-state index is 5.86. The Morgan fingerprint density at radius 3 is 2.54 bits per heavy atom. The number of hydrogen-bond donors (Lipinski definition) is 0. The summed E-state index contributed by atoms with van der Waals surface area (Å²) in [5, 5.41) is 12.7. The number of piperidine rings is 1. The third kappa shape index (κ3) is 2.85. The van der Waals surface area contributed by atoms with Crippen molar-refractivity contribution < 1.29 is 8.94 Å². The van der Waals surface area contributed by atoms with Gasteiger partial charge in [0.2, 0.25) is 17.7 Å². The van der Waals surface area contributed by atoms with E-state index in [1.54, 1.807) is 0 Å². The molecule has 2 saturated carbocycles. The van der Waals surface area contributed by atoms with Gasteiger partial charge in [-0.3, -0.25) is 4.90 Å². The minimum atomic E-state index is 0.351. The van der Waals surface area contributed by atoms with E-state index in [0.29, 0.717) is 17.8 Å². The van der Waals surface area contributed by atoms with Gasteiger partial charge in [-0.15, -0.1) is 10.2 Å². The summed E-state index contributed by atoms with van der Waals surface area (Å²) < 4.78 is 11.3. The lowest BCUT2D eigenvalue weighted by Gasteiger charge is -2.30. The highest BCUT2D eigenvalue weighted by molar-refractivity contribution is 5.05. The van der Waals surface area contributed by atoms with Crippen LogP contribution in [-0.4, -0.2) is 38.3 Å². The van der Waals surface area contributed by atoms with E-state index in [0.717, 1.165) is 56.0 Å². The third-order valence-corrected chi connectivity index (χ3v) is 5.55. The zero-order valence-electron chi connectivity index (χ0n) is 13.9. The van der Waals surface area contributed by atoms with Crippen molar-refractivity contribution in [1.29, 1.82) is 0 Å². The molecule has 0 spiro atoms.